The summed E-state index contributed by atoms with van der Waals surface area (Å²) < 4.78 is 5.34. The lowest BCUT2D eigenvalue weighted by Gasteiger charge is -2.03. The van der Waals surface area contributed by atoms with Crippen LogP contribution in [0.4, 0.5) is 0 Å². The number of phenolic OH excluding ortho intramolecular Hbond substituents is 4. The van der Waals surface area contributed by atoms with E-state index in [0.29, 0.717) is 5.56 Å². The van der Waals surface area contributed by atoms with Gasteiger partial charge in [0, 0.05) is 6.07 Å². The molecule has 0 aromatic heterocycles. The van der Waals surface area contributed by atoms with E-state index in [1.807, 2.05) is 0 Å². The Labute approximate surface area is 118 Å². The molecule has 0 saturated heterocycles. The highest BCUT2D eigenvalue weighted by molar-refractivity contribution is 6.14. The van der Waals surface area contributed by atoms with Crippen LogP contribution in [0.3, 0.4) is 0 Å². The van der Waals surface area contributed by atoms with Crippen molar-refractivity contribution in [3.63, 3.8) is 0 Å². The number of carbonyl (C=O) groups is 1. The summed E-state index contributed by atoms with van der Waals surface area (Å²) in [7, 11) is 0. The lowest BCUT2D eigenvalue weighted by Crippen LogP contribution is -1.97. The minimum Gasteiger partial charge on any atom is -0.508 e. The van der Waals surface area contributed by atoms with Gasteiger partial charge in [0.05, 0.1) is 5.56 Å². The van der Waals surface area contributed by atoms with Gasteiger partial charge in [0.1, 0.15) is 11.5 Å². The van der Waals surface area contributed by atoms with E-state index in [-0.39, 0.29) is 28.6 Å². The fourth-order valence-corrected chi connectivity index (χ4v) is 2.04. The number of benzene rings is 2. The van der Waals surface area contributed by atoms with E-state index < -0.39 is 17.2 Å². The lowest BCUT2D eigenvalue weighted by molar-refractivity contribution is 0.101. The SMILES string of the molecule is O=C1C(=Cc2cc(O)c(O)c(O)c2)Oc2cc(O)ccc21. The third kappa shape index (κ3) is 2.12. The molecule has 1 aliphatic heterocycles. The van der Waals surface area contributed by atoms with Crippen LogP contribution in [0.5, 0.6) is 28.7 Å². The predicted molar refractivity (Wildman–Crippen MR) is 72.5 cm³/mol. The molecule has 0 fully saturated rings. The number of allylic oxidation sites excluding steroid dienone is 1. The van der Waals surface area contributed by atoms with Crippen molar-refractivity contribution in [2.75, 3.05) is 0 Å². The van der Waals surface area contributed by atoms with Gasteiger partial charge >= 0.3 is 0 Å². The summed E-state index contributed by atoms with van der Waals surface area (Å²) in [6, 6.07) is 6.50. The van der Waals surface area contributed by atoms with Crippen LogP contribution in [-0.4, -0.2) is 26.2 Å². The van der Waals surface area contributed by atoms with Crippen molar-refractivity contribution in [2.24, 2.45) is 0 Å². The molecule has 0 saturated carbocycles. The fourth-order valence-electron chi connectivity index (χ4n) is 2.04. The Hall–Kier alpha value is -3.15. The van der Waals surface area contributed by atoms with Gasteiger partial charge in [0.15, 0.2) is 23.0 Å². The predicted octanol–water partition coefficient (Wildman–Crippen LogP) is 2.13. The average molecular weight is 286 g/mol. The molecule has 0 atom stereocenters. The Morgan fingerprint density at radius 1 is 0.952 bits per heavy atom. The summed E-state index contributed by atoms with van der Waals surface area (Å²) in [5.74, 6) is -1.84. The van der Waals surface area contributed by atoms with Crippen LogP contribution in [-0.2, 0) is 0 Å². The first-order valence-electron chi connectivity index (χ1n) is 5.98. The second kappa shape index (κ2) is 4.45. The summed E-state index contributed by atoms with van der Waals surface area (Å²) in [6.45, 7) is 0. The minimum absolute atomic E-state index is 0.0138. The zero-order valence-electron chi connectivity index (χ0n) is 10.6. The molecular weight excluding hydrogens is 276 g/mol. The van der Waals surface area contributed by atoms with Crippen molar-refractivity contribution in [1.29, 1.82) is 0 Å². The first-order chi connectivity index (χ1) is 9.95. The van der Waals surface area contributed by atoms with E-state index in [1.54, 1.807) is 0 Å². The first kappa shape index (κ1) is 12.9. The van der Waals surface area contributed by atoms with Gasteiger partial charge in [0.2, 0.25) is 5.78 Å². The zero-order valence-corrected chi connectivity index (χ0v) is 10.6. The molecule has 6 nitrogen and oxygen atoms in total. The highest BCUT2D eigenvalue weighted by Gasteiger charge is 2.27. The van der Waals surface area contributed by atoms with Crippen LogP contribution >= 0.6 is 0 Å². The Bertz CT molecular complexity index is 768. The lowest BCUT2D eigenvalue weighted by atomic mass is 10.1. The molecule has 0 bridgehead atoms. The Morgan fingerprint density at radius 2 is 1.62 bits per heavy atom. The molecule has 106 valence electrons. The molecule has 1 aliphatic rings. The quantitative estimate of drug-likeness (QED) is 0.472. The van der Waals surface area contributed by atoms with Crippen molar-refractivity contribution in [1.82, 2.24) is 0 Å². The number of ether oxygens (including phenoxy) is 1. The summed E-state index contributed by atoms with van der Waals surface area (Å²) in [5.41, 5.74) is 0.592. The second-order valence-electron chi connectivity index (χ2n) is 4.53. The summed E-state index contributed by atoms with van der Waals surface area (Å²) >= 11 is 0. The Balaban J connectivity index is 2.01. The molecule has 6 heteroatoms. The fraction of sp³-hybridized carbons (Fsp3) is 0. The number of fused-ring (bicyclic) bond motifs is 1. The van der Waals surface area contributed by atoms with Crippen LogP contribution in [0.15, 0.2) is 36.1 Å². The van der Waals surface area contributed by atoms with Gasteiger partial charge < -0.3 is 25.2 Å². The number of aromatic hydroxyl groups is 4. The summed E-state index contributed by atoms with van der Waals surface area (Å²) in [4.78, 5) is 12.1. The van der Waals surface area contributed by atoms with E-state index in [9.17, 15) is 25.2 Å². The molecular formula is C15H10O6. The third-order valence-corrected chi connectivity index (χ3v) is 3.04. The summed E-state index contributed by atoms with van der Waals surface area (Å²) in [5, 5.41) is 37.5. The number of ketones is 1. The molecule has 0 unspecified atom stereocenters. The van der Waals surface area contributed by atoms with Gasteiger partial charge in [-0.15, -0.1) is 0 Å². The second-order valence-corrected chi connectivity index (χ2v) is 4.53. The van der Waals surface area contributed by atoms with Gasteiger partial charge in [-0.25, -0.2) is 0 Å². The Kier molecular flexibility index (Phi) is 2.72. The molecule has 21 heavy (non-hydrogen) atoms. The standard InChI is InChI=1S/C15H10O6/c16-8-1-2-9-12(6-8)21-13(14(9)19)5-7-3-10(17)15(20)11(18)4-7/h1-6,16-18,20H. The first-order valence-corrected chi connectivity index (χ1v) is 5.98. The van der Waals surface area contributed by atoms with Crippen LogP contribution in [0.2, 0.25) is 0 Å². The highest BCUT2D eigenvalue weighted by atomic mass is 16.5. The number of rotatable bonds is 1. The molecule has 0 radical (unpaired) electrons. The molecule has 2 aromatic rings. The molecule has 0 aliphatic carbocycles. The van der Waals surface area contributed by atoms with Crippen molar-refractivity contribution in [3.8, 4) is 28.7 Å². The van der Waals surface area contributed by atoms with Crippen LogP contribution in [0.1, 0.15) is 15.9 Å². The van der Waals surface area contributed by atoms with Crippen molar-refractivity contribution >= 4 is 11.9 Å². The zero-order chi connectivity index (χ0) is 15.1. The average Bonchev–Trinajstić information content (AvgIpc) is 2.72. The third-order valence-electron chi connectivity index (χ3n) is 3.04. The molecule has 3 rings (SSSR count). The van der Waals surface area contributed by atoms with Crippen LogP contribution < -0.4 is 4.74 Å². The highest BCUT2D eigenvalue weighted by Crippen LogP contribution is 2.38. The molecule has 4 N–H and O–H groups in total. The number of hydrogen-bond donors (Lipinski definition) is 4. The normalized spacial score (nSPS) is 15.0. The van der Waals surface area contributed by atoms with Crippen molar-refractivity contribution < 1.29 is 30.0 Å². The number of phenols is 4. The molecule has 1 heterocycles. The number of hydrogen-bond acceptors (Lipinski definition) is 6. The van der Waals surface area contributed by atoms with E-state index in [1.165, 1.54) is 36.4 Å². The molecule has 0 spiro atoms. The topological polar surface area (TPSA) is 107 Å². The van der Waals surface area contributed by atoms with Gasteiger partial charge in [-0.2, -0.15) is 0 Å². The minimum atomic E-state index is -0.635. The monoisotopic (exact) mass is 286 g/mol. The van der Waals surface area contributed by atoms with Crippen molar-refractivity contribution in [3.05, 3.63) is 47.2 Å². The van der Waals surface area contributed by atoms with Gasteiger partial charge in [-0.3, -0.25) is 4.79 Å². The van der Waals surface area contributed by atoms with Crippen LogP contribution in [0.25, 0.3) is 6.08 Å². The summed E-state index contributed by atoms with van der Waals surface area (Å²) in [6.07, 6.45) is 1.32. The van der Waals surface area contributed by atoms with Crippen LogP contribution in [0, 0.1) is 0 Å². The smallest absolute Gasteiger partial charge is 0.231 e. The number of carbonyl (C=O) groups excluding carboxylic acids is 1. The maximum atomic E-state index is 12.1. The maximum absolute atomic E-state index is 12.1. The Morgan fingerprint density at radius 3 is 2.29 bits per heavy atom. The molecule has 2 aromatic carbocycles. The van der Waals surface area contributed by atoms with Gasteiger partial charge in [-0.1, -0.05) is 0 Å². The van der Waals surface area contributed by atoms with Crippen molar-refractivity contribution in [2.45, 2.75) is 0 Å². The van der Waals surface area contributed by atoms with E-state index >= 15 is 0 Å². The number of Topliss-reactive ketones (excluding diaryl/α,β-unsaturated/α-hetero) is 1. The van der Waals surface area contributed by atoms with Gasteiger partial charge in [-0.05, 0) is 35.9 Å². The van der Waals surface area contributed by atoms with E-state index in [2.05, 4.69) is 0 Å². The largest absolute Gasteiger partial charge is 0.508 e. The van der Waals surface area contributed by atoms with E-state index in [4.69, 9.17) is 4.74 Å². The van der Waals surface area contributed by atoms with Gasteiger partial charge in [0.25, 0.3) is 0 Å². The molecule has 0 amide bonds. The van der Waals surface area contributed by atoms with E-state index in [0.717, 1.165) is 0 Å². The maximum Gasteiger partial charge on any atom is 0.231 e.